The lowest BCUT2D eigenvalue weighted by molar-refractivity contribution is 0.287. The molecule has 1 fully saturated rings. The number of ether oxygens (including phenoxy) is 2. The largest absolute Gasteiger partial charge is 0.490 e. The molecule has 7 nitrogen and oxygen atoms in total. The first-order valence-electron chi connectivity index (χ1n) is 9.61. The van der Waals surface area contributed by atoms with Crippen molar-refractivity contribution in [1.82, 2.24) is 10.6 Å². The van der Waals surface area contributed by atoms with Gasteiger partial charge in [0.05, 0.1) is 24.7 Å². The van der Waals surface area contributed by atoms with E-state index in [9.17, 15) is 8.42 Å². The average molecular weight is 525 g/mol. The summed E-state index contributed by atoms with van der Waals surface area (Å²) in [6.07, 6.45) is 1.38. The lowest BCUT2D eigenvalue weighted by Crippen LogP contribution is -2.44. The summed E-state index contributed by atoms with van der Waals surface area (Å²) in [6, 6.07) is 5.88. The summed E-state index contributed by atoms with van der Waals surface area (Å²) < 4.78 is 34.5. The van der Waals surface area contributed by atoms with E-state index in [1.54, 1.807) is 0 Å². The second-order valence-electron chi connectivity index (χ2n) is 6.40. The first kappa shape index (κ1) is 24.8. The number of nitrogens with zero attached hydrogens (tertiary/aromatic N) is 1. The van der Waals surface area contributed by atoms with E-state index in [0.717, 1.165) is 30.0 Å². The molecule has 2 N–H and O–H groups in total. The van der Waals surface area contributed by atoms with Crippen LogP contribution in [0.1, 0.15) is 32.8 Å². The first-order chi connectivity index (χ1) is 13.0. The Morgan fingerprint density at radius 1 is 1.18 bits per heavy atom. The molecule has 1 aromatic rings. The van der Waals surface area contributed by atoms with Gasteiger partial charge in [-0.05, 0) is 51.3 Å². The number of benzene rings is 1. The summed E-state index contributed by atoms with van der Waals surface area (Å²) >= 11 is 0. The third-order valence-electron chi connectivity index (χ3n) is 4.20. The lowest BCUT2D eigenvalue weighted by Gasteiger charge is -2.16. The van der Waals surface area contributed by atoms with Crippen LogP contribution >= 0.6 is 24.0 Å². The summed E-state index contributed by atoms with van der Waals surface area (Å²) in [5, 5.41) is 6.41. The van der Waals surface area contributed by atoms with E-state index in [2.05, 4.69) is 15.6 Å². The van der Waals surface area contributed by atoms with Gasteiger partial charge in [-0.25, -0.2) is 8.42 Å². The maximum absolute atomic E-state index is 11.6. The van der Waals surface area contributed by atoms with Crippen LogP contribution in [0.5, 0.6) is 11.5 Å². The first-order valence-corrected chi connectivity index (χ1v) is 11.4. The molecule has 1 aliphatic rings. The van der Waals surface area contributed by atoms with E-state index in [0.29, 0.717) is 32.1 Å². The molecule has 0 aromatic heterocycles. The Morgan fingerprint density at radius 3 is 2.50 bits per heavy atom. The molecule has 160 valence electrons. The molecule has 0 saturated carbocycles. The number of guanidine groups is 1. The van der Waals surface area contributed by atoms with Crippen molar-refractivity contribution in [3.05, 3.63) is 23.8 Å². The van der Waals surface area contributed by atoms with E-state index in [1.807, 2.05) is 39.0 Å². The van der Waals surface area contributed by atoms with Crippen LogP contribution in [0.2, 0.25) is 0 Å². The normalized spacial score (nSPS) is 18.2. The van der Waals surface area contributed by atoms with Crippen LogP contribution in [0.4, 0.5) is 0 Å². The second kappa shape index (κ2) is 12.4. The molecule has 9 heteroatoms. The van der Waals surface area contributed by atoms with Crippen molar-refractivity contribution in [2.45, 2.75) is 39.7 Å². The molecule has 0 bridgehead atoms. The predicted octanol–water partition coefficient (Wildman–Crippen LogP) is 2.39. The van der Waals surface area contributed by atoms with Gasteiger partial charge in [0.15, 0.2) is 27.3 Å². The summed E-state index contributed by atoms with van der Waals surface area (Å²) in [6.45, 7) is 8.38. The molecular weight excluding hydrogens is 493 g/mol. The fraction of sp³-hybridized carbons (Fsp3) is 0.632. The quantitative estimate of drug-likeness (QED) is 0.293. The van der Waals surface area contributed by atoms with E-state index in [4.69, 9.17) is 9.47 Å². The van der Waals surface area contributed by atoms with E-state index >= 15 is 0 Å². The van der Waals surface area contributed by atoms with Crippen LogP contribution in [0.15, 0.2) is 23.2 Å². The van der Waals surface area contributed by atoms with Gasteiger partial charge in [0.1, 0.15) is 0 Å². The van der Waals surface area contributed by atoms with Crippen molar-refractivity contribution in [3.63, 3.8) is 0 Å². The molecule has 0 spiro atoms. The van der Waals surface area contributed by atoms with Gasteiger partial charge in [0.25, 0.3) is 0 Å². The summed E-state index contributed by atoms with van der Waals surface area (Å²) in [5.74, 6) is 2.59. The van der Waals surface area contributed by atoms with Gasteiger partial charge in [-0.1, -0.05) is 6.07 Å². The molecule has 1 aliphatic heterocycles. The van der Waals surface area contributed by atoms with Crippen LogP contribution in [0.3, 0.4) is 0 Å². The highest BCUT2D eigenvalue weighted by Crippen LogP contribution is 2.28. The highest BCUT2D eigenvalue weighted by atomic mass is 127. The summed E-state index contributed by atoms with van der Waals surface area (Å²) in [4.78, 5) is 4.58. The zero-order valence-electron chi connectivity index (χ0n) is 16.9. The Bertz CT molecular complexity index is 741. The monoisotopic (exact) mass is 525 g/mol. The Morgan fingerprint density at radius 2 is 1.89 bits per heavy atom. The van der Waals surface area contributed by atoms with Crippen molar-refractivity contribution < 1.29 is 17.9 Å². The average Bonchev–Trinajstić information content (AvgIpc) is 2.96. The maximum atomic E-state index is 11.6. The number of nitrogens with one attached hydrogen (secondary N) is 2. The maximum Gasteiger partial charge on any atom is 0.191 e. The summed E-state index contributed by atoms with van der Waals surface area (Å²) in [5.41, 5.74) is 1.12. The Hall–Kier alpha value is -1.23. The molecule has 0 aliphatic carbocycles. The molecule has 1 aromatic carbocycles. The molecule has 1 atom stereocenters. The lowest BCUT2D eigenvalue weighted by atomic mass is 10.1. The van der Waals surface area contributed by atoms with Gasteiger partial charge in [-0.15, -0.1) is 24.0 Å². The van der Waals surface area contributed by atoms with Gasteiger partial charge in [0.2, 0.25) is 0 Å². The minimum Gasteiger partial charge on any atom is -0.490 e. The standard InChI is InChI=1S/C19H31N3O4S.HI/c1-4-20-19(22-16-10-12-27(23,24)14-16)21-11-9-15-7-8-17(25-5-2)18(13-15)26-6-3;/h7-8,13,16H,4-6,9-12,14H2,1-3H3,(H2,20,21,22);1H. The molecule has 2 rings (SSSR count). The Kier molecular flexibility index (Phi) is 10.9. The van der Waals surface area contributed by atoms with Crippen LogP contribution in [0.25, 0.3) is 0 Å². The highest BCUT2D eigenvalue weighted by molar-refractivity contribution is 14.0. The predicted molar refractivity (Wildman–Crippen MR) is 124 cm³/mol. The Labute approximate surface area is 185 Å². The van der Waals surface area contributed by atoms with Gasteiger partial charge < -0.3 is 20.1 Å². The van der Waals surface area contributed by atoms with Crippen molar-refractivity contribution in [2.24, 2.45) is 4.99 Å². The van der Waals surface area contributed by atoms with E-state index in [-0.39, 0.29) is 41.5 Å². The van der Waals surface area contributed by atoms with Gasteiger partial charge in [-0.2, -0.15) is 0 Å². The topological polar surface area (TPSA) is 89.0 Å². The fourth-order valence-electron chi connectivity index (χ4n) is 2.97. The second-order valence-corrected chi connectivity index (χ2v) is 8.63. The van der Waals surface area contributed by atoms with Crippen LogP contribution in [-0.2, 0) is 16.3 Å². The molecule has 28 heavy (non-hydrogen) atoms. The van der Waals surface area contributed by atoms with Gasteiger partial charge in [0, 0.05) is 19.1 Å². The number of hydrogen-bond donors (Lipinski definition) is 2. The van der Waals surface area contributed by atoms with Crippen molar-refractivity contribution >= 4 is 39.8 Å². The van der Waals surface area contributed by atoms with Gasteiger partial charge >= 0.3 is 0 Å². The van der Waals surface area contributed by atoms with E-state index < -0.39 is 9.84 Å². The van der Waals surface area contributed by atoms with Crippen LogP contribution < -0.4 is 20.1 Å². The van der Waals surface area contributed by atoms with Crippen LogP contribution in [-0.4, -0.2) is 58.2 Å². The number of aliphatic imine (C=N–C) groups is 1. The Balaban J connectivity index is 0.00000392. The number of rotatable bonds is 9. The minimum absolute atomic E-state index is 0. The smallest absolute Gasteiger partial charge is 0.191 e. The number of halogens is 1. The minimum atomic E-state index is -2.91. The molecule has 0 amide bonds. The number of hydrogen-bond acceptors (Lipinski definition) is 5. The molecule has 0 radical (unpaired) electrons. The SMILES string of the molecule is CCNC(=NCCc1ccc(OCC)c(OCC)c1)NC1CCS(=O)(=O)C1.I. The van der Waals surface area contributed by atoms with Crippen molar-refractivity contribution in [2.75, 3.05) is 37.8 Å². The zero-order valence-corrected chi connectivity index (χ0v) is 20.0. The number of sulfone groups is 1. The molecular formula is C19H32IN3O4S. The van der Waals surface area contributed by atoms with Crippen LogP contribution in [0, 0.1) is 0 Å². The third kappa shape index (κ3) is 8.02. The van der Waals surface area contributed by atoms with Crippen molar-refractivity contribution in [3.8, 4) is 11.5 Å². The fourth-order valence-corrected chi connectivity index (χ4v) is 4.64. The molecule has 1 saturated heterocycles. The highest BCUT2D eigenvalue weighted by Gasteiger charge is 2.28. The molecule has 1 heterocycles. The summed E-state index contributed by atoms with van der Waals surface area (Å²) in [7, 11) is -2.91. The zero-order chi connectivity index (χ0) is 19.7. The van der Waals surface area contributed by atoms with E-state index in [1.165, 1.54) is 0 Å². The van der Waals surface area contributed by atoms with Gasteiger partial charge in [-0.3, -0.25) is 4.99 Å². The van der Waals surface area contributed by atoms with Crippen molar-refractivity contribution in [1.29, 1.82) is 0 Å². The third-order valence-corrected chi connectivity index (χ3v) is 5.96. The molecule has 1 unspecified atom stereocenters.